The van der Waals surface area contributed by atoms with Gasteiger partial charge in [0.15, 0.2) is 0 Å². The molecule has 0 fully saturated rings. The number of hydrogen-bond acceptors (Lipinski definition) is 3. The van der Waals surface area contributed by atoms with Crippen LogP contribution in [-0.4, -0.2) is 18.4 Å². The van der Waals surface area contributed by atoms with E-state index in [-0.39, 0.29) is 24.1 Å². The third kappa shape index (κ3) is 4.18. The number of rotatable bonds is 5. The Morgan fingerprint density at radius 3 is 2.68 bits per heavy atom. The van der Waals surface area contributed by atoms with Gasteiger partial charge in [-0.2, -0.15) is 0 Å². The number of halogens is 1. The average Bonchev–Trinajstić information content (AvgIpc) is 2.91. The normalized spacial score (nSPS) is 11.8. The molecule has 5 nitrogen and oxygen atoms in total. The van der Waals surface area contributed by atoms with Gasteiger partial charge in [0, 0.05) is 5.56 Å². The molecule has 1 aromatic carbocycles. The lowest BCUT2D eigenvalue weighted by Gasteiger charge is -2.12. The molecule has 0 aliphatic rings. The summed E-state index contributed by atoms with van der Waals surface area (Å²) in [6.45, 7) is 3.40. The Morgan fingerprint density at radius 1 is 1.27 bits per heavy atom. The van der Waals surface area contributed by atoms with Crippen LogP contribution in [0, 0.1) is 12.7 Å². The summed E-state index contributed by atoms with van der Waals surface area (Å²) >= 11 is 0. The van der Waals surface area contributed by atoms with E-state index in [0.717, 1.165) is 11.8 Å². The van der Waals surface area contributed by atoms with Crippen molar-refractivity contribution in [1.82, 2.24) is 10.6 Å². The van der Waals surface area contributed by atoms with E-state index in [0.29, 0.717) is 5.76 Å². The zero-order valence-corrected chi connectivity index (χ0v) is 12.4. The Bertz CT molecular complexity index is 682. The molecule has 0 saturated heterocycles. The van der Waals surface area contributed by atoms with E-state index in [1.807, 2.05) is 13.0 Å². The van der Waals surface area contributed by atoms with Crippen molar-refractivity contribution in [3.63, 3.8) is 0 Å². The molecule has 1 unspecified atom stereocenters. The van der Waals surface area contributed by atoms with E-state index in [1.54, 1.807) is 13.0 Å². The molecule has 116 valence electrons. The van der Waals surface area contributed by atoms with Crippen molar-refractivity contribution < 1.29 is 18.4 Å². The summed E-state index contributed by atoms with van der Waals surface area (Å²) in [5.41, 5.74) is 0.169. The molecule has 0 aliphatic heterocycles. The van der Waals surface area contributed by atoms with Crippen molar-refractivity contribution in [3.05, 3.63) is 59.3 Å². The van der Waals surface area contributed by atoms with Crippen molar-refractivity contribution >= 4 is 11.8 Å². The van der Waals surface area contributed by atoms with Crippen molar-refractivity contribution in [1.29, 1.82) is 0 Å². The van der Waals surface area contributed by atoms with E-state index < -0.39 is 11.7 Å². The van der Waals surface area contributed by atoms with Crippen LogP contribution in [0.1, 0.15) is 34.8 Å². The van der Waals surface area contributed by atoms with Crippen molar-refractivity contribution in [2.75, 3.05) is 6.54 Å². The van der Waals surface area contributed by atoms with Crippen LogP contribution in [0.5, 0.6) is 0 Å². The number of furan rings is 1. The van der Waals surface area contributed by atoms with Gasteiger partial charge >= 0.3 is 0 Å². The fourth-order valence-electron chi connectivity index (χ4n) is 1.94. The number of carbonyl (C=O) groups excluding carboxylic acids is 2. The van der Waals surface area contributed by atoms with Gasteiger partial charge in [-0.3, -0.25) is 9.59 Å². The zero-order valence-electron chi connectivity index (χ0n) is 12.4. The highest BCUT2D eigenvalue weighted by molar-refractivity contribution is 5.96. The third-order valence-electron chi connectivity index (χ3n) is 3.06. The Labute approximate surface area is 127 Å². The minimum atomic E-state index is -0.504. The average molecular weight is 304 g/mol. The molecule has 2 amide bonds. The Balaban J connectivity index is 1.83. The van der Waals surface area contributed by atoms with E-state index in [9.17, 15) is 14.0 Å². The fourth-order valence-corrected chi connectivity index (χ4v) is 1.94. The highest BCUT2D eigenvalue weighted by atomic mass is 19.1. The molecule has 6 heteroatoms. The van der Waals surface area contributed by atoms with Gasteiger partial charge in [0.2, 0.25) is 5.91 Å². The fraction of sp³-hybridized carbons (Fsp3) is 0.250. The van der Waals surface area contributed by atoms with Crippen LogP contribution in [-0.2, 0) is 4.79 Å². The summed E-state index contributed by atoms with van der Waals surface area (Å²) in [5, 5.41) is 5.15. The van der Waals surface area contributed by atoms with E-state index >= 15 is 0 Å². The van der Waals surface area contributed by atoms with Gasteiger partial charge < -0.3 is 15.1 Å². The topological polar surface area (TPSA) is 71.3 Å². The van der Waals surface area contributed by atoms with Crippen molar-refractivity contribution in [2.24, 2.45) is 0 Å². The monoisotopic (exact) mass is 304 g/mol. The number of aryl methyl sites for hydroxylation is 1. The quantitative estimate of drug-likeness (QED) is 0.890. The minimum Gasteiger partial charge on any atom is -0.464 e. The summed E-state index contributed by atoms with van der Waals surface area (Å²) in [5.74, 6) is 0.0409. The highest BCUT2D eigenvalue weighted by Gasteiger charge is 2.14. The molecule has 1 atom stereocenters. The minimum absolute atomic E-state index is 0.169. The first-order chi connectivity index (χ1) is 10.5. The molecule has 2 aromatic rings. The van der Waals surface area contributed by atoms with Gasteiger partial charge in [0.1, 0.15) is 17.3 Å². The second-order valence-electron chi connectivity index (χ2n) is 4.93. The van der Waals surface area contributed by atoms with Gasteiger partial charge in [-0.15, -0.1) is 0 Å². The van der Waals surface area contributed by atoms with Crippen LogP contribution in [0.15, 0.2) is 40.8 Å². The van der Waals surface area contributed by atoms with Crippen LogP contribution >= 0.6 is 0 Å². The van der Waals surface area contributed by atoms with Crippen LogP contribution in [0.3, 0.4) is 0 Å². The maximum absolute atomic E-state index is 13.0. The number of hydrogen-bond donors (Lipinski definition) is 2. The van der Waals surface area contributed by atoms with Gasteiger partial charge in [-0.25, -0.2) is 4.39 Å². The molecular weight excluding hydrogens is 287 g/mol. The second-order valence-corrected chi connectivity index (χ2v) is 4.93. The summed E-state index contributed by atoms with van der Waals surface area (Å²) < 4.78 is 18.4. The van der Waals surface area contributed by atoms with Crippen LogP contribution < -0.4 is 10.6 Å². The predicted molar refractivity (Wildman–Crippen MR) is 78.7 cm³/mol. The zero-order chi connectivity index (χ0) is 16.1. The summed E-state index contributed by atoms with van der Waals surface area (Å²) in [7, 11) is 0. The second kappa shape index (κ2) is 6.89. The number of amides is 2. The lowest BCUT2D eigenvalue weighted by Crippen LogP contribution is -2.37. The lowest BCUT2D eigenvalue weighted by molar-refractivity contribution is -0.120. The van der Waals surface area contributed by atoms with E-state index in [2.05, 4.69) is 10.6 Å². The molecule has 2 rings (SSSR count). The van der Waals surface area contributed by atoms with Crippen LogP contribution in [0.2, 0.25) is 0 Å². The SMILES string of the molecule is Cc1ccc(C(C)NC(=O)CNC(=O)c2cccc(F)c2)o1. The van der Waals surface area contributed by atoms with Crippen LogP contribution in [0.4, 0.5) is 4.39 Å². The maximum Gasteiger partial charge on any atom is 0.251 e. The maximum atomic E-state index is 13.0. The Morgan fingerprint density at radius 2 is 2.05 bits per heavy atom. The van der Waals surface area contributed by atoms with Crippen molar-refractivity contribution in [3.8, 4) is 0 Å². The molecule has 0 aliphatic carbocycles. The van der Waals surface area contributed by atoms with Crippen LogP contribution in [0.25, 0.3) is 0 Å². The molecule has 0 saturated carbocycles. The Kier molecular flexibility index (Phi) is 4.93. The standard InChI is InChI=1S/C16H17FN2O3/c1-10-6-7-14(22-10)11(2)19-15(20)9-18-16(21)12-4-3-5-13(17)8-12/h3-8,11H,9H2,1-2H3,(H,18,21)(H,19,20). The summed E-state index contributed by atoms with van der Waals surface area (Å²) in [6, 6.07) is 8.57. The molecule has 0 bridgehead atoms. The summed E-state index contributed by atoms with van der Waals surface area (Å²) in [4.78, 5) is 23.6. The molecular formula is C16H17FN2O3. The molecule has 2 N–H and O–H groups in total. The molecule has 0 spiro atoms. The first-order valence-corrected chi connectivity index (χ1v) is 6.85. The first kappa shape index (κ1) is 15.8. The first-order valence-electron chi connectivity index (χ1n) is 6.85. The lowest BCUT2D eigenvalue weighted by atomic mass is 10.2. The van der Waals surface area contributed by atoms with E-state index in [4.69, 9.17) is 4.42 Å². The van der Waals surface area contributed by atoms with Gasteiger partial charge in [-0.05, 0) is 44.2 Å². The number of benzene rings is 1. The molecule has 22 heavy (non-hydrogen) atoms. The van der Waals surface area contributed by atoms with Gasteiger partial charge in [0.05, 0.1) is 12.6 Å². The molecule has 1 aromatic heterocycles. The number of nitrogens with one attached hydrogen (secondary N) is 2. The summed E-state index contributed by atoms with van der Waals surface area (Å²) in [6.07, 6.45) is 0. The predicted octanol–water partition coefficient (Wildman–Crippen LogP) is 2.33. The van der Waals surface area contributed by atoms with Crippen molar-refractivity contribution in [2.45, 2.75) is 19.9 Å². The smallest absolute Gasteiger partial charge is 0.251 e. The largest absolute Gasteiger partial charge is 0.464 e. The van der Waals surface area contributed by atoms with Gasteiger partial charge in [0.25, 0.3) is 5.91 Å². The van der Waals surface area contributed by atoms with E-state index in [1.165, 1.54) is 18.2 Å². The Hall–Kier alpha value is -2.63. The molecule has 0 radical (unpaired) electrons. The van der Waals surface area contributed by atoms with Gasteiger partial charge in [-0.1, -0.05) is 6.07 Å². The molecule has 1 heterocycles. The third-order valence-corrected chi connectivity index (χ3v) is 3.06. The highest BCUT2D eigenvalue weighted by Crippen LogP contribution is 2.15. The number of carbonyl (C=O) groups is 2.